The highest BCUT2D eigenvalue weighted by Crippen LogP contribution is 2.35. The first-order valence-electron chi connectivity index (χ1n) is 7.80. The Hall–Kier alpha value is -1.94. The SMILES string of the molecule is c1ccc(C2=NN[C@@H](c3ccc(N4CCCC4)cc3)S2)cc1. The van der Waals surface area contributed by atoms with Gasteiger partial charge in [0, 0.05) is 24.3 Å². The molecular formula is C18H19N3S. The molecule has 2 heterocycles. The van der Waals surface area contributed by atoms with Gasteiger partial charge >= 0.3 is 0 Å². The van der Waals surface area contributed by atoms with E-state index in [4.69, 9.17) is 0 Å². The van der Waals surface area contributed by atoms with Gasteiger partial charge in [0.2, 0.25) is 0 Å². The summed E-state index contributed by atoms with van der Waals surface area (Å²) in [6.07, 6.45) is 2.63. The van der Waals surface area contributed by atoms with Crippen LogP contribution in [0.3, 0.4) is 0 Å². The van der Waals surface area contributed by atoms with Crippen molar-refractivity contribution in [1.29, 1.82) is 0 Å². The zero-order valence-corrected chi connectivity index (χ0v) is 13.2. The molecule has 0 radical (unpaired) electrons. The number of thioether (sulfide) groups is 1. The molecule has 2 aliphatic rings. The third kappa shape index (κ3) is 2.71. The largest absolute Gasteiger partial charge is 0.372 e. The van der Waals surface area contributed by atoms with Crippen LogP contribution >= 0.6 is 11.8 Å². The molecular weight excluding hydrogens is 290 g/mol. The van der Waals surface area contributed by atoms with E-state index in [2.05, 4.69) is 64.0 Å². The minimum atomic E-state index is 0.211. The predicted molar refractivity (Wildman–Crippen MR) is 94.3 cm³/mol. The van der Waals surface area contributed by atoms with Gasteiger partial charge in [0.15, 0.2) is 0 Å². The molecule has 0 saturated carbocycles. The van der Waals surface area contributed by atoms with E-state index in [0.29, 0.717) is 0 Å². The fraction of sp³-hybridized carbons (Fsp3) is 0.278. The predicted octanol–water partition coefficient (Wildman–Crippen LogP) is 3.98. The smallest absolute Gasteiger partial charge is 0.126 e. The Labute approximate surface area is 135 Å². The number of benzene rings is 2. The molecule has 22 heavy (non-hydrogen) atoms. The van der Waals surface area contributed by atoms with Crippen LogP contribution in [0.1, 0.15) is 29.3 Å². The minimum absolute atomic E-state index is 0.211. The topological polar surface area (TPSA) is 27.6 Å². The molecule has 2 aromatic rings. The molecule has 4 heteroatoms. The molecule has 2 aromatic carbocycles. The van der Waals surface area contributed by atoms with Crippen molar-refractivity contribution in [2.45, 2.75) is 18.2 Å². The van der Waals surface area contributed by atoms with Crippen molar-refractivity contribution in [1.82, 2.24) is 5.43 Å². The second-order valence-corrected chi connectivity index (χ2v) is 6.79. The summed E-state index contributed by atoms with van der Waals surface area (Å²) in [7, 11) is 0. The minimum Gasteiger partial charge on any atom is -0.372 e. The van der Waals surface area contributed by atoms with Crippen LogP contribution in [-0.2, 0) is 0 Å². The van der Waals surface area contributed by atoms with E-state index in [9.17, 15) is 0 Å². The first kappa shape index (κ1) is 13.7. The van der Waals surface area contributed by atoms with Crippen LogP contribution in [0.5, 0.6) is 0 Å². The van der Waals surface area contributed by atoms with Crippen molar-refractivity contribution in [3.05, 3.63) is 65.7 Å². The molecule has 1 atom stereocenters. The second-order valence-electron chi connectivity index (χ2n) is 5.70. The van der Waals surface area contributed by atoms with E-state index in [1.165, 1.54) is 42.7 Å². The Bertz CT molecular complexity index is 660. The van der Waals surface area contributed by atoms with Crippen LogP contribution in [0.4, 0.5) is 5.69 Å². The van der Waals surface area contributed by atoms with Crippen molar-refractivity contribution in [2.24, 2.45) is 5.10 Å². The van der Waals surface area contributed by atoms with Gasteiger partial charge in [-0.3, -0.25) is 5.43 Å². The van der Waals surface area contributed by atoms with Gasteiger partial charge in [-0.05, 0) is 30.5 Å². The average molecular weight is 309 g/mol. The maximum absolute atomic E-state index is 4.48. The Balaban J connectivity index is 1.45. The maximum Gasteiger partial charge on any atom is 0.126 e. The van der Waals surface area contributed by atoms with Crippen molar-refractivity contribution in [3.63, 3.8) is 0 Å². The molecule has 4 rings (SSSR count). The van der Waals surface area contributed by atoms with Gasteiger partial charge in [0.05, 0.1) is 0 Å². The van der Waals surface area contributed by atoms with E-state index in [0.717, 1.165) is 5.04 Å². The summed E-state index contributed by atoms with van der Waals surface area (Å²) < 4.78 is 0. The molecule has 0 bridgehead atoms. The number of rotatable bonds is 3. The molecule has 3 nitrogen and oxygen atoms in total. The molecule has 1 fully saturated rings. The normalized spacial score (nSPS) is 20.8. The van der Waals surface area contributed by atoms with Gasteiger partial charge in [-0.15, -0.1) is 0 Å². The van der Waals surface area contributed by atoms with Crippen LogP contribution in [0, 0.1) is 0 Å². The molecule has 112 valence electrons. The molecule has 0 aromatic heterocycles. The van der Waals surface area contributed by atoms with E-state index in [1.807, 2.05) is 6.07 Å². The summed E-state index contributed by atoms with van der Waals surface area (Å²) in [5.41, 5.74) is 7.05. The van der Waals surface area contributed by atoms with Gasteiger partial charge in [0.25, 0.3) is 0 Å². The standard InChI is InChI=1S/C18H19N3S/c1-2-6-14(7-3-1)17-19-20-18(22-17)15-8-10-16(11-9-15)21-12-4-5-13-21/h1-3,6-11,18,20H,4-5,12-13H2/t18-/m1/s1. The second kappa shape index (κ2) is 6.05. The van der Waals surface area contributed by atoms with Crippen LogP contribution in [0.25, 0.3) is 0 Å². The lowest BCUT2D eigenvalue weighted by Gasteiger charge is -2.18. The molecule has 1 saturated heterocycles. The van der Waals surface area contributed by atoms with Gasteiger partial charge in [-0.2, -0.15) is 5.10 Å². The highest BCUT2D eigenvalue weighted by Gasteiger charge is 2.22. The summed E-state index contributed by atoms with van der Waals surface area (Å²) in [6.45, 7) is 2.38. The molecule has 0 unspecified atom stereocenters. The first-order valence-corrected chi connectivity index (χ1v) is 8.68. The quantitative estimate of drug-likeness (QED) is 0.929. The molecule has 0 amide bonds. The number of nitrogens with one attached hydrogen (secondary N) is 1. The molecule has 0 spiro atoms. The number of hydrazone groups is 1. The Morgan fingerprint density at radius 1 is 0.955 bits per heavy atom. The summed E-state index contributed by atoms with van der Waals surface area (Å²) in [4.78, 5) is 2.46. The van der Waals surface area contributed by atoms with Gasteiger partial charge < -0.3 is 4.90 Å². The molecule has 0 aliphatic carbocycles. The fourth-order valence-corrected chi connectivity index (χ4v) is 3.97. The van der Waals surface area contributed by atoms with Crippen LogP contribution in [0.15, 0.2) is 59.7 Å². The number of hydrogen-bond donors (Lipinski definition) is 1. The lowest BCUT2D eigenvalue weighted by atomic mass is 10.2. The first-order chi connectivity index (χ1) is 10.9. The van der Waals surface area contributed by atoms with Crippen molar-refractivity contribution in [2.75, 3.05) is 18.0 Å². The molecule has 1 N–H and O–H groups in total. The van der Waals surface area contributed by atoms with Gasteiger partial charge in [0.1, 0.15) is 10.4 Å². The van der Waals surface area contributed by atoms with E-state index in [-0.39, 0.29) is 5.37 Å². The third-order valence-electron chi connectivity index (χ3n) is 4.20. The van der Waals surface area contributed by atoms with Gasteiger partial charge in [-0.1, -0.05) is 54.2 Å². The lowest BCUT2D eigenvalue weighted by molar-refractivity contribution is 0.743. The fourth-order valence-electron chi connectivity index (χ4n) is 2.97. The van der Waals surface area contributed by atoms with E-state index < -0.39 is 0 Å². The van der Waals surface area contributed by atoms with Crippen molar-refractivity contribution in [3.8, 4) is 0 Å². The zero-order valence-electron chi connectivity index (χ0n) is 12.4. The summed E-state index contributed by atoms with van der Waals surface area (Å²) in [5, 5.41) is 5.76. The van der Waals surface area contributed by atoms with Crippen molar-refractivity contribution >= 4 is 22.5 Å². The van der Waals surface area contributed by atoms with Crippen LogP contribution in [0.2, 0.25) is 0 Å². The highest BCUT2D eigenvalue weighted by atomic mass is 32.2. The van der Waals surface area contributed by atoms with E-state index >= 15 is 0 Å². The lowest BCUT2D eigenvalue weighted by Crippen LogP contribution is -2.17. The maximum atomic E-state index is 4.48. The van der Waals surface area contributed by atoms with Crippen LogP contribution in [-0.4, -0.2) is 18.1 Å². The Kier molecular flexibility index (Phi) is 3.77. The Morgan fingerprint density at radius 3 is 2.41 bits per heavy atom. The number of nitrogens with zero attached hydrogens (tertiary/aromatic N) is 2. The van der Waals surface area contributed by atoms with Crippen molar-refractivity contribution < 1.29 is 0 Å². The van der Waals surface area contributed by atoms with Gasteiger partial charge in [-0.25, -0.2) is 0 Å². The average Bonchev–Trinajstić information content (AvgIpc) is 3.28. The highest BCUT2D eigenvalue weighted by molar-refractivity contribution is 8.14. The summed E-state index contributed by atoms with van der Waals surface area (Å²) in [6, 6.07) is 19.3. The van der Waals surface area contributed by atoms with E-state index in [1.54, 1.807) is 11.8 Å². The Morgan fingerprint density at radius 2 is 1.68 bits per heavy atom. The number of hydrogen-bond acceptors (Lipinski definition) is 4. The zero-order chi connectivity index (χ0) is 14.8. The number of anilines is 1. The van der Waals surface area contributed by atoms with Crippen LogP contribution < -0.4 is 10.3 Å². The summed E-state index contributed by atoms with van der Waals surface area (Å²) in [5.74, 6) is 0. The monoisotopic (exact) mass is 309 g/mol. The molecule has 2 aliphatic heterocycles. The third-order valence-corrected chi connectivity index (χ3v) is 5.36. The summed E-state index contributed by atoms with van der Waals surface area (Å²) >= 11 is 1.78.